The highest BCUT2D eigenvalue weighted by Gasteiger charge is 2.37. The van der Waals surface area contributed by atoms with Crippen LogP contribution in [-0.4, -0.2) is 47.0 Å². The first-order valence-electron chi connectivity index (χ1n) is 6.93. The van der Waals surface area contributed by atoms with E-state index in [-0.39, 0.29) is 40.4 Å². The molecule has 0 saturated carbocycles. The van der Waals surface area contributed by atoms with Gasteiger partial charge < -0.3 is 27.4 Å². The summed E-state index contributed by atoms with van der Waals surface area (Å²) < 4.78 is 0. The van der Waals surface area contributed by atoms with Crippen LogP contribution in [0.1, 0.15) is 23.3 Å². The number of aromatic nitrogens is 2. The van der Waals surface area contributed by atoms with Crippen molar-refractivity contribution < 1.29 is 4.79 Å². The maximum Gasteiger partial charge on any atom is 0.302 e. The van der Waals surface area contributed by atoms with Crippen molar-refractivity contribution in [1.29, 1.82) is 0 Å². The predicted molar refractivity (Wildman–Crippen MR) is 90.9 cm³/mol. The van der Waals surface area contributed by atoms with Gasteiger partial charge in [-0.25, -0.2) is 9.97 Å². The Morgan fingerprint density at radius 2 is 1.91 bits per heavy atom. The van der Waals surface area contributed by atoms with Crippen LogP contribution in [0.3, 0.4) is 0 Å². The molecule has 2 aliphatic heterocycles. The third-order valence-electron chi connectivity index (χ3n) is 3.86. The molecule has 9 nitrogen and oxygen atoms in total. The number of hydrogen-bond donors (Lipinski definition) is 5. The van der Waals surface area contributed by atoms with Gasteiger partial charge in [-0.1, -0.05) is 11.6 Å². The van der Waals surface area contributed by atoms with E-state index in [1.807, 2.05) is 0 Å². The van der Waals surface area contributed by atoms with Crippen LogP contribution in [0.5, 0.6) is 0 Å². The van der Waals surface area contributed by atoms with Crippen molar-refractivity contribution in [3.8, 4) is 0 Å². The highest BCUT2D eigenvalue weighted by atomic mass is 35.5. The molecule has 3 rings (SSSR count). The van der Waals surface area contributed by atoms with E-state index >= 15 is 0 Å². The number of rotatable bonds is 1. The maximum atomic E-state index is 12.2. The average Bonchev–Trinajstić information content (AvgIpc) is 2.86. The molecule has 0 unspecified atom stereocenters. The molecule has 3 heterocycles. The molecule has 2 aliphatic rings. The van der Waals surface area contributed by atoms with Gasteiger partial charge >= 0.3 is 5.91 Å². The number of aliphatic imine (C=N–C) groups is 1. The summed E-state index contributed by atoms with van der Waals surface area (Å²) in [7, 11) is 0. The first-order chi connectivity index (χ1) is 10.5. The molecule has 126 valence electrons. The summed E-state index contributed by atoms with van der Waals surface area (Å²) in [4.78, 5) is 23.8. The van der Waals surface area contributed by atoms with E-state index in [4.69, 9.17) is 23.1 Å². The van der Waals surface area contributed by atoms with Crippen LogP contribution in [0.25, 0.3) is 0 Å². The van der Waals surface area contributed by atoms with E-state index in [9.17, 15) is 4.79 Å². The van der Waals surface area contributed by atoms with E-state index in [2.05, 4.69) is 30.9 Å². The van der Waals surface area contributed by atoms with E-state index in [0.717, 1.165) is 32.5 Å². The van der Waals surface area contributed by atoms with Crippen molar-refractivity contribution in [1.82, 2.24) is 25.9 Å². The van der Waals surface area contributed by atoms with Gasteiger partial charge in [0.1, 0.15) is 0 Å². The SMILES string of the molecule is Cl.Nc1nc(N)c(C(=O)/N=C2\NCC3(CCNCC3)N2)nc1Cl. The summed E-state index contributed by atoms with van der Waals surface area (Å²) in [6, 6.07) is 0. The second kappa shape index (κ2) is 6.73. The highest BCUT2D eigenvalue weighted by Crippen LogP contribution is 2.21. The fraction of sp³-hybridized carbons (Fsp3) is 0.500. The van der Waals surface area contributed by atoms with Crippen molar-refractivity contribution in [2.75, 3.05) is 31.1 Å². The Morgan fingerprint density at radius 3 is 2.61 bits per heavy atom. The van der Waals surface area contributed by atoms with Crippen molar-refractivity contribution in [2.24, 2.45) is 4.99 Å². The molecule has 0 aromatic carbocycles. The summed E-state index contributed by atoms with van der Waals surface area (Å²) in [5.74, 6) is -0.311. The van der Waals surface area contributed by atoms with Gasteiger partial charge in [0.25, 0.3) is 0 Å². The Morgan fingerprint density at radius 1 is 1.22 bits per heavy atom. The zero-order valence-electron chi connectivity index (χ0n) is 12.2. The van der Waals surface area contributed by atoms with Crippen molar-refractivity contribution in [3.63, 3.8) is 0 Å². The van der Waals surface area contributed by atoms with E-state index in [1.54, 1.807) is 0 Å². The lowest BCUT2D eigenvalue weighted by atomic mass is 9.90. The number of piperidine rings is 1. The molecule has 0 aliphatic carbocycles. The zero-order chi connectivity index (χ0) is 15.7. The Balaban J connectivity index is 0.00000192. The highest BCUT2D eigenvalue weighted by molar-refractivity contribution is 6.31. The van der Waals surface area contributed by atoms with Crippen LogP contribution in [-0.2, 0) is 0 Å². The van der Waals surface area contributed by atoms with Gasteiger partial charge in [0.05, 0.1) is 5.54 Å². The molecule has 2 fully saturated rings. The second-order valence-corrected chi connectivity index (χ2v) is 5.77. The molecule has 1 aromatic heterocycles. The minimum atomic E-state index is -0.618. The van der Waals surface area contributed by atoms with Crippen molar-refractivity contribution >= 4 is 47.5 Å². The number of amides is 1. The second-order valence-electron chi connectivity index (χ2n) is 5.41. The van der Waals surface area contributed by atoms with Crippen LogP contribution in [0.2, 0.25) is 5.15 Å². The molecule has 0 atom stereocenters. The van der Waals surface area contributed by atoms with Crippen LogP contribution in [0.4, 0.5) is 11.6 Å². The smallest absolute Gasteiger partial charge is 0.302 e. The number of nitrogens with two attached hydrogens (primary N) is 2. The molecule has 11 heteroatoms. The van der Waals surface area contributed by atoms with Crippen LogP contribution in [0, 0.1) is 0 Å². The van der Waals surface area contributed by atoms with Gasteiger partial charge in [-0.05, 0) is 25.9 Å². The lowest BCUT2D eigenvalue weighted by molar-refractivity contribution is 0.0998. The molecule has 23 heavy (non-hydrogen) atoms. The van der Waals surface area contributed by atoms with Crippen molar-refractivity contribution in [3.05, 3.63) is 10.8 Å². The Labute approximate surface area is 144 Å². The lowest BCUT2D eigenvalue weighted by Crippen LogP contribution is -2.51. The number of hydrogen-bond acceptors (Lipinski definition) is 6. The van der Waals surface area contributed by atoms with Crippen LogP contribution < -0.4 is 27.4 Å². The number of carbonyl (C=O) groups excluding carboxylic acids is 1. The predicted octanol–water partition coefficient (Wildman–Crippen LogP) is -0.473. The quantitative estimate of drug-likeness (QED) is 0.452. The molecule has 1 aromatic rings. The number of anilines is 2. The third kappa shape index (κ3) is 3.57. The molecule has 1 amide bonds. The summed E-state index contributed by atoms with van der Waals surface area (Å²) in [6.45, 7) is 2.59. The topological polar surface area (TPSA) is 143 Å². The van der Waals surface area contributed by atoms with E-state index in [1.165, 1.54) is 0 Å². The summed E-state index contributed by atoms with van der Waals surface area (Å²) >= 11 is 5.77. The average molecular weight is 361 g/mol. The fourth-order valence-corrected chi connectivity index (χ4v) is 2.75. The van der Waals surface area contributed by atoms with Gasteiger partial charge in [-0.15, -0.1) is 12.4 Å². The lowest BCUT2D eigenvalue weighted by Gasteiger charge is -2.32. The standard InChI is InChI=1S/C12H17ClN8O.ClH/c13-7-9(15)19-8(14)6(18-7)10(22)20-11-17-5-12(21-11)1-3-16-4-2-12;/h16H,1-5H2,(H4,14,15,19)(H2,17,20,21,22);1H. The molecule has 1 spiro atoms. The summed E-state index contributed by atoms with van der Waals surface area (Å²) in [5.41, 5.74) is 11.0. The Kier molecular flexibility index (Phi) is 5.12. The number of nitrogens with zero attached hydrogens (tertiary/aromatic N) is 3. The maximum absolute atomic E-state index is 12.2. The van der Waals surface area contributed by atoms with Crippen LogP contribution >= 0.6 is 24.0 Å². The van der Waals surface area contributed by atoms with Gasteiger partial charge in [0.15, 0.2) is 28.4 Å². The third-order valence-corrected chi connectivity index (χ3v) is 4.14. The fourth-order valence-electron chi connectivity index (χ4n) is 2.62. The minimum Gasteiger partial charge on any atom is -0.382 e. The van der Waals surface area contributed by atoms with Gasteiger partial charge in [0, 0.05) is 6.54 Å². The summed E-state index contributed by atoms with van der Waals surface area (Å²) in [6.07, 6.45) is 1.92. The summed E-state index contributed by atoms with van der Waals surface area (Å²) in [5, 5.41) is 9.62. The minimum absolute atomic E-state index is 0. The molecule has 0 bridgehead atoms. The Hall–Kier alpha value is -1.84. The number of carbonyl (C=O) groups is 1. The van der Waals surface area contributed by atoms with Crippen LogP contribution in [0.15, 0.2) is 4.99 Å². The largest absolute Gasteiger partial charge is 0.382 e. The zero-order valence-corrected chi connectivity index (χ0v) is 13.8. The number of guanidine groups is 1. The van der Waals surface area contributed by atoms with E-state index < -0.39 is 5.91 Å². The van der Waals surface area contributed by atoms with E-state index in [0.29, 0.717) is 5.96 Å². The number of nitrogen functional groups attached to an aromatic ring is 2. The monoisotopic (exact) mass is 360 g/mol. The van der Waals surface area contributed by atoms with Gasteiger partial charge in [0.2, 0.25) is 0 Å². The first kappa shape index (κ1) is 17.5. The molecule has 2 saturated heterocycles. The van der Waals surface area contributed by atoms with Gasteiger partial charge in [-0.3, -0.25) is 4.79 Å². The van der Waals surface area contributed by atoms with Crippen molar-refractivity contribution in [2.45, 2.75) is 18.4 Å². The molecule has 0 radical (unpaired) electrons. The number of halogens is 2. The molecular formula is C12H18Cl2N8O. The first-order valence-corrected chi connectivity index (χ1v) is 7.31. The Bertz CT molecular complexity index is 644. The number of nitrogens with one attached hydrogen (secondary N) is 3. The van der Waals surface area contributed by atoms with Gasteiger partial charge in [-0.2, -0.15) is 4.99 Å². The molecule has 7 N–H and O–H groups in total. The molecular weight excluding hydrogens is 343 g/mol. The normalized spacial score (nSPS) is 20.7.